The van der Waals surface area contributed by atoms with E-state index in [9.17, 15) is 4.79 Å². The van der Waals surface area contributed by atoms with Gasteiger partial charge >= 0.3 is 22.7 Å². The van der Waals surface area contributed by atoms with Crippen molar-refractivity contribution >= 4 is 11.6 Å². The molecule has 0 unspecified atom stereocenters. The van der Waals surface area contributed by atoms with E-state index in [4.69, 9.17) is 16.0 Å². The molecule has 2 nitrogen and oxygen atoms in total. The first-order valence-electron chi connectivity index (χ1n) is 5.95. The first-order chi connectivity index (χ1) is 9.74. The summed E-state index contributed by atoms with van der Waals surface area (Å²) in [5.74, 6) is 6.73. The van der Waals surface area contributed by atoms with E-state index in [2.05, 4.69) is 11.8 Å². The minimum Gasteiger partial charge on any atom is -0.414 e. The molecular formula is C17H11ClFeO2+2. The van der Waals surface area contributed by atoms with Crippen LogP contribution >= 0.6 is 11.6 Å². The molecule has 0 aliphatic heterocycles. The van der Waals surface area contributed by atoms with Crippen LogP contribution in [0.4, 0.5) is 0 Å². The van der Waals surface area contributed by atoms with Crippen molar-refractivity contribution in [3.8, 4) is 11.8 Å². The smallest absolute Gasteiger partial charge is 0.414 e. The molecule has 0 saturated heterocycles. The van der Waals surface area contributed by atoms with Gasteiger partial charge in [-0.3, -0.25) is 0 Å². The first-order valence-corrected chi connectivity index (χ1v) is 6.33. The van der Waals surface area contributed by atoms with Gasteiger partial charge in [-0.2, -0.15) is 0 Å². The summed E-state index contributed by atoms with van der Waals surface area (Å²) in [5, 5.41) is 0.332. The van der Waals surface area contributed by atoms with Crippen LogP contribution in [0.3, 0.4) is 0 Å². The van der Waals surface area contributed by atoms with E-state index in [1.807, 2.05) is 57.8 Å². The van der Waals surface area contributed by atoms with Crippen LogP contribution in [0.15, 0.2) is 21.3 Å². The van der Waals surface area contributed by atoms with Crippen molar-refractivity contribution < 1.29 is 21.5 Å². The van der Waals surface area contributed by atoms with Gasteiger partial charge in [0.2, 0.25) is 0 Å². The molecule has 2 saturated carbocycles. The summed E-state index contributed by atoms with van der Waals surface area (Å²) in [7, 11) is 0. The minimum absolute atomic E-state index is 0. The number of halogens is 1. The fourth-order valence-corrected chi connectivity index (χ4v) is 1.61. The quantitative estimate of drug-likeness (QED) is 0.537. The number of hydrogen-bond donors (Lipinski definition) is 0. The van der Waals surface area contributed by atoms with Gasteiger partial charge in [-0.25, -0.2) is 4.79 Å². The van der Waals surface area contributed by atoms with E-state index in [1.54, 1.807) is 0 Å². The Hall–Kier alpha value is -0.681. The van der Waals surface area contributed by atoms with Gasteiger partial charge in [-0.05, 0) is 63.7 Å². The molecule has 1 aromatic rings. The molecule has 2 aliphatic carbocycles. The molecule has 0 N–H and O–H groups in total. The van der Waals surface area contributed by atoms with Gasteiger partial charge in [0, 0.05) is 12.1 Å². The van der Waals surface area contributed by atoms with Gasteiger partial charge in [0.1, 0.15) is 0 Å². The molecule has 1 heterocycles. The van der Waals surface area contributed by atoms with E-state index >= 15 is 0 Å². The summed E-state index contributed by atoms with van der Waals surface area (Å²) >= 11 is 5.68. The maximum atomic E-state index is 11.0. The van der Waals surface area contributed by atoms with Crippen LogP contribution in [0.1, 0.15) is 5.76 Å². The van der Waals surface area contributed by atoms with Crippen LogP contribution in [0, 0.1) is 75.5 Å². The molecule has 1 aromatic heterocycles. The molecule has 21 heavy (non-hydrogen) atoms. The third-order valence-electron chi connectivity index (χ3n) is 2.28. The zero-order chi connectivity index (χ0) is 14.2. The zero-order valence-electron chi connectivity index (χ0n) is 10.9. The second kappa shape index (κ2) is 10.1. The SMILES string of the molecule is O=c1cc(Cl)cc(C#C[C]2[CH][CH][CH][CH]2)o1.[CH]1[CH][CH][CH][CH]1.[Fe+2]. The second-order valence-corrected chi connectivity index (χ2v) is 4.28. The Balaban J connectivity index is 0.000000313. The topological polar surface area (TPSA) is 30.2 Å². The summed E-state index contributed by atoms with van der Waals surface area (Å²) in [6, 6.07) is 2.72. The Morgan fingerprint density at radius 1 is 0.857 bits per heavy atom. The monoisotopic (exact) mass is 338 g/mol. The molecule has 2 aliphatic rings. The molecule has 0 spiro atoms. The number of hydrogen-bond acceptors (Lipinski definition) is 2. The average Bonchev–Trinajstić information content (AvgIpc) is 3.11. The summed E-state index contributed by atoms with van der Waals surface area (Å²) in [5.41, 5.74) is -0.491. The van der Waals surface area contributed by atoms with Crippen LogP contribution in [0.25, 0.3) is 0 Å². The Kier molecular flexibility index (Phi) is 8.85. The van der Waals surface area contributed by atoms with E-state index < -0.39 is 5.63 Å². The van der Waals surface area contributed by atoms with Crippen LogP contribution in [0.5, 0.6) is 0 Å². The molecule has 10 radical (unpaired) electrons. The van der Waals surface area contributed by atoms with Crippen molar-refractivity contribution in [2.45, 2.75) is 0 Å². The third kappa shape index (κ3) is 7.23. The van der Waals surface area contributed by atoms with Gasteiger partial charge in [-0.1, -0.05) is 17.5 Å². The minimum atomic E-state index is -0.491. The standard InChI is InChI=1S/C12H6ClO2.C5H5.Fe/c13-10-7-11(15-12(14)8-10)6-5-9-3-1-2-4-9;1-2-4-5-3-1;/h1-4,7-8H;1-5H;/q;;+2. The fraction of sp³-hybridized carbons (Fsp3) is 0. The molecular weight excluding hydrogens is 327 g/mol. The normalized spacial score (nSPS) is 17.2. The van der Waals surface area contributed by atoms with E-state index in [1.165, 1.54) is 12.1 Å². The van der Waals surface area contributed by atoms with Crippen molar-refractivity contribution in [2.75, 3.05) is 0 Å². The molecule has 2 fully saturated rings. The summed E-state index contributed by atoms with van der Waals surface area (Å²) in [4.78, 5) is 11.0. The maximum absolute atomic E-state index is 11.0. The van der Waals surface area contributed by atoms with Gasteiger partial charge in [0.25, 0.3) is 0 Å². The fourth-order valence-electron chi connectivity index (χ4n) is 1.42. The third-order valence-corrected chi connectivity index (χ3v) is 2.50. The van der Waals surface area contributed by atoms with E-state index in [0.29, 0.717) is 5.02 Å². The predicted molar refractivity (Wildman–Crippen MR) is 78.8 cm³/mol. The van der Waals surface area contributed by atoms with Crippen molar-refractivity contribution in [1.29, 1.82) is 0 Å². The van der Waals surface area contributed by atoms with Crippen molar-refractivity contribution in [1.82, 2.24) is 0 Å². The Labute approximate surface area is 142 Å². The second-order valence-electron chi connectivity index (χ2n) is 3.84. The molecule has 0 aromatic carbocycles. The molecule has 104 valence electrons. The zero-order valence-corrected chi connectivity index (χ0v) is 12.8. The van der Waals surface area contributed by atoms with Crippen LogP contribution in [-0.4, -0.2) is 0 Å². The molecule has 0 amide bonds. The maximum Gasteiger partial charge on any atom is 2.00 e. The molecule has 0 bridgehead atoms. The first kappa shape index (κ1) is 18.4. The van der Waals surface area contributed by atoms with E-state index in [-0.39, 0.29) is 22.8 Å². The van der Waals surface area contributed by atoms with Gasteiger partial charge in [0.15, 0.2) is 5.76 Å². The summed E-state index contributed by atoms with van der Waals surface area (Å²) < 4.78 is 4.84. The van der Waals surface area contributed by atoms with Gasteiger partial charge in [-0.15, -0.1) is 0 Å². The van der Waals surface area contributed by atoms with Crippen molar-refractivity contribution in [2.24, 2.45) is 0 Å². The predicted octanol–water partition coefficient (Wildman–Crippen LogP) is 3.07. The van der Waals surface area contributed by atoms with Gasteiger partial charge in [0.05, 0.1) is 10.9 Å². The molecule has 3 rings (SSSR count). The molecule has 4 heteroatoms. The van der Waals surface area contributed by atoms with Crippen molar-refractivity contribution in [3.05, 3.63) is 97.0 Å². The largest absolute Gasteiger partial charge is 2.00 e. The average molecular weight is 339 g/mol. The van der Waals surface area contributed by atoms with Crippen LogP contribution in [-0.2, 0) is 17.1 Å². The Morgan fingerprint density at radius 3 is 1.95 bits per heavy atom. The Morgan fingerprint density at radius 2 is 1.43 bits per heavy atom. The molecule has 0 atom stereocenters. The van der Waals surface area contributed by atoms with Gasteiger partial charge < -0.3 is 4.42 Å². The summed E-state index contributed by atoms with van der Waals surface area (Å²) in [6.07, 6.45) is 17.5. The van der Waals surface area contributed by atoms with Crippen molar-refractivity contribution in [3.63, 3.8) is 0 Å². The Bertz CT molecular complexity index is 524. The van der Waals surface area contributed by atoms with E-state index in [0.717, 1.165) is 5.92 Å². The number of rotatable bonds is 0. The van der Waals surface area contributed by atoms with Crippen LogP contribution in [0.2, 0.25) is 5.02 Å². The van der Waals surface area contributed by atoms with Crippen LogP contribution < -0.4 is 5.63 Å². The summed E-state index contributed by atoms with van der Waals surface area (Å²) in [6.45, 7) is 0.